The second kappa shape index (κ2) is 6.53. The molecule has 1 saturated heterocycles. The highest BCUT2D eigenvalue weighted by Crippen LogP contribution is 2.21. The first kappa shape index (κ1) is 15.1. The molecule has 1 atom stereocenters. The number of rotatable bonds is 5. The Bertz CT molecular complexity index is 651. The monoisotopic (exact) mass is 320 g/mol. The van der Waals surface area contributed by atoms with Crippen molar-refractivity contribution in [2.24, 2.45) is 5.73 Å². The highest BCUT2D eigenvalue weighted by atomic mass is 32.1. The van der Waals surface area contributed by atoms with Gasteiger partial charge in [0.15, 0.2) is 0 Å². The van der Waals surface area contributed by atoms with Crippen molar-refractivity contribution in [2.75, 3.05) is 19.6 Å². The molecule has 1 amide bonds. The molecule has 7 nitrogen and oxygen atoms in total. The number of primary amides is 1. The van der Waals surface area contributed by atoms with Crippen molar-refractivity contribution in [3.8, 4) is 0 Å². The minimum Gasteiger partial charge on any atom is -0.363 e. The van der Waals surface area contributed by atoms with Crippen molar-refractivity contribution in [2.45, 2.75) is 32.2 Å². The van der Waals surface area contributed by atoms with E-state index in [4.69, 9.17) is 5.73 Å². The van der Waals surface area contributed by atoms with E-state index in [-0.39, 0.29) is 11.9 Å². The third-order valence-corrected chi connectivity index (χ3v) is 4.76. The van der Waals surface area contributed by atoms with Gasteiger partial charge in [-0.25, -0.2) is 14.6 Å². The van der Waals surface area contributed by atoms with Gasteiger partial charge in [-0.2, -0.15) is 0 Å². The Morgan fingerprint density at radius 3 is 3.09 bits per heavy atom. The maximum Gasteiger partial charge on any atom is 0.288 e. The quantitative estimate of drug-likeness (QED) is 0.888. The molecule has 3 heterocycles. The van der Waals surface area contributed by atoms with Crippen molar-refractivity contribution < 1.29 is 4.79 Å². The second-order valence-corrected chi connectivity index (χ2v) is 6.68. The van der Waals surface area contributed by atoms with Crippen molar-refractivity contribution in [3.05, 3.63) is 28.2 Å². The average molecular weight is 320 g/mol. The number of aromatic nitrogens is 4. The largest absolute Gasteiger partial charge is 0.363 e. The normalized spacial score (nSPS) is 19.4. The number of likely N-dealkylation sites (tertiary alicyclic amines) is 1. The Balaban J connectivity index is 1.57. The van der Waals surface area contributed by atoms with Crippen LogP contribution in [0.5, 0.6) is 0 Å². The van der Waals surface area contributed by atoms with Crippen LogP contribution in [-0.2, 0) is 6.42 Å². The summed E-state index contributed by atoms with van der Waals surface area (Å²) in [6.45, 7) is 5.05. The fourth-order valence-electron chi connectivity index (χ4n) is 2.81. The van der Waals surface area contributed by atoms with Crippen LogP contribution in [0.3, 0.4) is 0 Å². The number of hydrogen-bond acceptors (Lipinski definition) is 6. The fourth-order valence-corrected chi connectivity index (χ4v) is 3.46. The molecule has 118 valence electrons. The summed E-state index contributed by atoms with van der Waals surface area (Å²) in [4.78, 5) is 22.0. The number of nitrogens with zero attached hydrogens (tertiary/aromatic N) is 5. The van der Waals surface area contributed by atoms with E-state index >= 15 is 0 Å². The van der Waals surface area contributed by atoms with Gasteiger partial charge in [-0.05, 0) is 26.3 Å². The molecule has 22 heavy (non-hydrogen) atoms. The van der Waals surface area contributed by atoms with Crippen molar-refractivity contribution in [1.82, 2.24) is 24.6 Å². The zero-order chi connectivity index (χ0) is 15.5. The lowest BCUT2D eigenvalue weighted by molar-refractivity contribution is 0.0989. The Kier molecular flexibility index (Phi) is 4.49. The summed E-state index contributed by atoms with van der Waals surface area (Å²) in [6, 6.07) is 0.256. The summed E-state index contributed by atoms with van der Waals surface area (Å²) in [5.74, 6) is -0.486. The summed E-state index contributed by atoms with van der Waals surface area (Å²) in [5, 5.41) is 7.43. The number of carbonyl (C=O) groups excluding carboxylic acids is 1. The van der Waals surface area contributed by atoms with E-state index in [0.29, 0.717) is 0 Å². The van der Waals surface area contributed by atoms with Gasteiger partial charge in [0.2, 0.25) is 5.82 Å². The molecule has 0 spiro atoms. The molecular weight excluding hydrogens is 300 g/mol. The minimum absolute atomic E-state index is 0.0927. The maximum absolute atomic E-state index is 11.1. The number of aryl methyl sites for hydroxylation is 1. The molecule has 2 N–H and O–H groups in total. The molecule has 2 aromatic rings. The lowest BCUT2D eigenvalue weighted by Crippen LogP contribution is -2.38. The Morgan fingerprint density at radius 2 is 2.41 bits per heavy atom. The van der Waals surface area contributed by atoms with Gasteiger partial charge in [0, 0.05) is 24.9 Å². The molecule has 0 radical (unpaired) electrons. The molecule has 0 aliphatic carbocycles. The van der Waals surface area contributed by atoms with Crippen LogP contribution in [0.1, 0.15) is 40.2 Å². The van der Waals surface area contributed by atoms with Gasteiger partial charge in [-0.15, -0.1) is 16.4 Å². The second-order valence-electron chi connectivity index (χ2n) is 5.62. The average Bonchev–Trinajstić information content (AvgIpc) is 3.14. The van der Waals surface area contributed by atoms with Crippen LogP contribution in [0.15, 0.2) is 11.7 Å². The number of piperidine rings is 1. The van der Waals surface area contributed by atoms with Crippen LogP contribution < -0.4 is 5.73 Å². The van der Waals surface area contributed by atoms with Gasteiger partial charge in [0.05, 0.1) is 16.7 Å². The highest BCUT2D eigenvalue weighted by molar-refractivity contribution is 7.09. The predicted octanol–water partition coefficient (Wildman–Crippen LogP) is 1.02. The molecule has 1 unspecified atom stereocenters. The van der Waals surface area contributed by atoms with E-state index in [1.165, 1.54) is 5.69 Å². The molecule has 2 aromatic heterocycles. The topological polar surface area (TPSA) is 89.9 Å². The smallest absolute Gasteiger partial charge is 0.288 e. The Hall–Kier alpha value is -1.80. The summed E-state index contributed by atoms with van der Waals surface area (Å²) in [5.41, 5.74) is 6.37. The number of carbonyl (C=O) groups is 1. The van der Waals surface area contributed by atoms with Gasteiger partial charge < -0.3 is 10.6 Å². The van der Waals surface area contributed by atoms with Crippen LogP contribution in [0.2, 0.25) is 0 Å². The standard InChI is InChI=1S/C14H20N6OS/c1-10-17-11(8-22-10)4-6-19-5-2-3-12(7-19)20-9-16-14(18-20)13(15)21/h8-9,12H,2-7H2,1H3,(H2,15,21). The minimum atomic E-state index is -0.578. The van der Waals surface area contributed by atoms with Crippen molar-refractivity contribution >= 4 is 17.2 Å². The third kappa shape index (κ3) is 3.50. The number of thiazole rings is 1. The van der Waals surface area contributed by atoms with Crippen LogP contribution in [0, 0.1) is 6.92 Å². The molecule has 1 aliphatic rings. The molecule has 0 aromatic carbocycles. The van der Waals surface area contributed by atoms with Crippen molar-refractivity contribution in [3.63, 3.8) is 0 Å². The Labute approximate surface area is 133 Å². The first-order chi connectivity index (χ1) is 10.6. The number of hydrogen-bond donors (Lipinski definition) is 1. The van der Waals surface area contributed by atoms with E-state index in [0.717, 1.165) is 43.9 Å². The maximum atomic E-state index is 11.1. The summed E-state index contributed by atoms with van der Waals surface area (Å²) >= 11 is 1.70. The first-order valence-electron chi connectivity index (χ1n) is 7.46. The summed E-state index contributed by atoms with van der Waals surface area (Å²) < 4.78 is 1.78. The van der Waals surface area contributed by atoms with E-state index in [2.05, 4.69) is 25.3 Å². The van der Waals surface area contributed by atoms with E-state index in [1.54, 1.807) is 22.3 Å². The zero-order valence-electron chi connectivity index (χ0n) is 12.6. The summed E-state index contributed by atoms with van der Waals surface area (Å²) in [7, 11) is 0. The number of nitrogens with two attached hydrogens (primary N) is 1. The van der Waals surface area contributed by atoms with E-state index < -0.39 is 5.91 Å². The fraction of sp³-hybridized carbons (Fsp3) is 0.571. The van der Waals surface area contributed by atoms with Crippen molar-refractivity contribution in [1.29, 1.82) is 0 Å². The molecule has 1 aliphatic heterocycles. The zero-order valence-corrected chi connectivity index (χ0v) is 13.4. The summed E-state index contributed by atoms with van der Waals surface area (Å²) in [6.07, 6.45) is 4.75. The molecular formula is C14H20N6OS. The van der Waals surface area contributed by atoms with Crippen LogP contribution in [0.4, 0.5) is 0 Å². The number of amides is 1. The van der Waals surface area contributed by atoms with Crippen LogP contribution in [0.25, 0.3) is 0 Å². The third-order valence-electron chi connectivity index (χ3n) is 3.93. The van der Waals surface area contributed by atoms with Crippen LogP contribution in [-0.4, -0.2) is 50.2 Å². The van der Waals surface area contributed by atoms with Gasteiger partial charge in [0.25, 0.3) is 5.91 Å². The van der Waals surface area contributed by atoms with E-state index in [1.807, 2.05) is 6.92 Å². The Morgan fingerprint density at radius 1 is 1.55 bits per heavy atom. The molecule has 0 saturated carbocycles. The van der Waals surface area contributed by atoms with Gasteiger partial charge in [-0.3, -0.25) is 4.79 Å². The molecule has 3 rings (SSSR count). The van der Waals surface area contributed by atoms with E-state index in [9.17, 15) is 4.79 Å². The predicted molar refractivity (Wildman–Crippen MR) is 83.8 cm³/mol. The SMILES string of the molecule is Cc1nc(CCN2CCCC(n3cnc(C(N)=O)n3)C2)cs1. The molecule has 8 heteroatoms. The lowest BCUT2D eigenvalue weighted by atomic mass is 10.1. The molecule has 1 fully saturated rings. The van der Waals surface area contributed by atoms with Gasteiger partial charge in [-0.1, -0.05) is 0 Å². The van der Waals surface area contributed by atoms with Crippen LogP contribution >= 0.6 is 11.3 Å². The first-order valence-corrected chi connectivity index (χ1v) is 8.34. The van der Waals surface area contributed by atoms with Gasteiger partial charge in [0.1, 0.15) is 6.33 Å². The lowest BCUT2D eigenvalue weighted by Gasteiger charge is -2.32. The molecule has 0 bridgehead atoms. The van der Waals surface area contributed by atoms with Gasteiger partial charge >= 0.3 is 0 Å². The highest BCUT2D eigenvalue weighted by Gasteiger charge is 2.23.